The third-order valence-electron chi connectivity index (χ3n) is 2.12. The van der Waals surface area contributed by atoms with Gasteiger partial charge >= 0.3 is 12.1 Å². The number of aliphatic carboxylic acids is 1. The second kappa shape index (κ2) is 7.34. The van der Waals surface area contributed by atoms with Crippen LogP contribution < -0.4 is 5.32 Å². The van der Waals surface area contributed by atoms with Gasteiger partial charge in [-0.3, -0.25) is 0 Å². The van der Waals surface area contributed by atoms with Crippen LogP contribution in [-0.4, -0.2) is 27.2 Å². The number of halogens is 4. The molecule has 0 atom stereocenters. The fourth-order valence-corrected chi connectivity index (χ4v) is 1.20. The molecule has 22 heavy (non-hydrogen) atoms. The summed E-state index contributed by atoms with van der Waals surface area (Å²) in [6, 6.07) is 7.98. The zero-order chi connectivity index (χ0) is 16.8. The van der Waals surface area contributed by atoms with Crippen LogP contribution in [0, 0.1) is 12.7 Å². The van der Waals surface area contributed by atoms with E-state index in [-0.39, 0.29) is 5.82 Å². The molecule has 0 unspecified atom stereocenters. The number of carboxylic acid groups (broad SMARTS) is 1. The highest BCUT2D eigenvalue weighted by molar-refractivity contribution is 5.73. The second-order valence-corrected chi connectivity index (χ2v) is 3.96. The van der Waals surface area contributed by atoms with E-state index in [2.05, 4.69) is 15.3 Å². The van der Waals surface area contributed by atoms with Gasteiger partial charge in [-0.2, -0.15) is 13.2 Å². The molecular weight excluding hydrogens is 306 g/mol. The van der Waals surface area contributed by atoms with E-state index in [1.807, 2.05) is 6.92 Å². The number of alkyl halides is 3. The summed E-state index contributed by atoms with van der Waals surface area (Å²) >= 11 is 0. The van der Waals surface area contributed by atoms with Crippen molar-refractivity contribution in [3.8, 4) is 0 Å². The highest BCUT2D eigenvalue weighted by Gasteiger charge is 2.38. The van der Waals surface area contributed by atoms with Gasteiger partial charge in [-0.1, -0.05) is 6.07 Å². The summed E-state index contributed by atoms with van der Waals surface area (Å²) in [6.45, 7) is 1.87. The Morgan fingerprint density at radius 2 is 1.91 bits per heavy atom. The predicted molar refractivity (Wildman–Crippen MR) is 70.1 cm³/mol. The molecule has 0 saturated heterocycles. The molecule has 2 N–H and O–H groups in total. The van der Waals surface area contributed by atoms with Crippen molar-refractivity contribution >= 4 is 17.6 Å². The van der Waals surface area contributed by atoms with E-state index < -0.39 is 12.1 Å². The van der Waals surface area contributed by atoms with Crippen LogP contribution in [-0.2, 0) is 4.79 Å². The van der Waals surface area contributed by atoms with Gasteiger partial charge in [0.1, 0.15) is 5.82 Å². The number of nitrogens with one attached hydrogen (secondary N) is 1. The lowest BCUT2D eigenvalue weighted by molar-refractivity contribution is -0.192. The molecule has 0 bridgehead atoms. The van der Waals surface area contributed by atoms with Crippen molar-refractivity contribution in [2.24, 2.45) is 0 Å². The van der Waals surface area contributed by atoms with Crippen molar-refractivity contribution in [3.05, 3.63) is 48.0 Å². The smallest absolute Gasteiger partial charge is 0.475 e. The third kappa shape index (κ3) is 6.16. The average Bonchev–Trinajstić information content (AvgIpc) is 2.38. The SMILES string of the molecule is Cc1ccnc(Nc2cccc(F)c2)n1.O=C(O)C(F)(F)F. The van der Waals surface area contributed by atoms with Crippen molar-refractivity contribution < 1.29 is 27.5 Å². The number of hydrogen-bond acceptors (Lipinski definition) is 4. The standard InChI is InChI=1S/C11H10FN3.C2HF3O2/c1-8-5-6-13-11(14-8)15-10-4-2-3-9(12)7-10;3-2(4,5)1(6)7/h2-7H,1H3,(H,13,14,15);(H,6,7). The molecule has 118 valence electrons. The summed E-state index contributed by atoms with van der Waals surface area (Å²) in [5.74, 6) is -2.57. The summed E-state index contributed by atoms with van der Waals surface area (Å²) in [5, 5.41) is 10.0. The summed E-state index contributed by atoms with van der Waals surface area (Å²) in [5.41, 5.74) is 1.50. The van der Waals surface area contributed by atoms with E-state index in [4.69, 9.17) is 9.90 Å². The molecule has 2 aromatic rings. The number of carboxylic acids is 1. The van der Waals surface area contributed by atoms with Crippen LogP contribution >= 0.6 is 0 Å². The van der Waals surface area contributed by atoms with Crippen molar-refractivity contribution in [2.75, 3.05) is 5.32 Å². The first-order valence-electron chi connectivity index (χ1n) is 5.81. The maximum atomic E-state index is 12.9. The Kier molecular flexibility index (Phi) is 5.79. The molecule has 9 heteroatoms. The minimum atomic E-state index is -5.08. The molecule has 0 aliphatic carbocycles. The van der Waals surface area contributed by atoms with Crippen LogP contribution in [0.4, 0.5) is 29.2 Å². The second-order valence-electron chi connectivity index (χ2n) is 3.96. The zero-order valence-electron chi connectivity index (χ0n) is 11.2. The van der Waals surface area contributed by atoms with Crippen molar-refractivity contribution in [1.82, 2.24) is 9.97 Å². The van der Waals surface area contributed by atoms with E-state index in [0.717, 1.165) is 5.69 Å². The average molecular weight is 317 g/mol. The maximum absolute atomic E-state index is 12.9. The zero-order valence-corrected chi connectivity index (χ0v) is 11.2. The number of rotatable bonds is 2. The molecule has 0 saturated carbocycles. The monoisotopic (exact) mass is 317 g/mol. The van der Waals surface area contributed by atoms with Crippen molar-refractivity contribution in [3.63, 3.8) is 0 Å². The van der Waals surface area contributed by atoms with E-state index in [9.17, 15) is 17.6 Å². The lowest BCUT2D eigenvalue weighted by Crippen LogP contribution is -2.21. The van der Waals surface area contributed by atoms with E-state index >= 15 is 0 Å². The molecular formula is C13H11F4N3O2. The first-order valence-corrected chi connectivity index (χ1v) is 5.81. The van der Waals surface area contributed by atoms with Gasteiger partial charge in [0.25, 0.3) is 0 Å². The van der Waals surface area contributed by atoms with Gasteiger partial charge < -0.3 is 10.4 Å². The Balaban J connectivity index is 0.000000295. The summed E-state index contributed by atoms with van der Waals surface area (Å²) in [6.07, 6.45) is -3.43. The molecule has 0 radical (unpaired) electrons. The Morgan fingerprint density at radius 1 is 1.27 bits per heavy atom. The van der Waals surface area contributed by atoms with Gasteiger partial charge in [0, 0.05) is 17.6 Å². The molecule has 0 aliphatic heterocycles. The van der Waals surface area contributed by atoms with E-state index in [1.165, 1.54) is 12.1 Å². The molecule has 0 fully saturated rings. The number of aryl methyl sites for hydroxylation is 1. The fourth-order valence-electron chi connectivity index (χ4n) is 1.20. The summed E-state index contributed by atoms with van der Waals surface area (Å²) in [4.78, 5) is 17.1. The van der Waals surface area contributed by atoms with Gasteiger partial charge in [-0.05, 0) is 31.2 Å². The van der Waals surface area contributed by atoms with Crippen molar-refractivity contribution in [1.29, 1.82) is 0 Å². The normalized spacial score (nSPS) is 10.4. The quantitative estimate of drug-likeness (QED) is 0.831. The highest BCUT2D eigenvalue weighted by atomic mass is 19.4. The Labute approximate surface area is 122 Å². The number of benzene rings is 1. The van der Waals surface area contributed by atoms with Gasteiger partial charge in [-0.15, -0.1) is 0 Å². The van der Waals surface area contributed by atoms with Gasteiger partial charge in [0.15, 0.2) is 0 Å². The van der Waals surface area contributed by atoms with E-state index in [1.54, 1.807) is 24.4 Å². The van der Waals surface area contributed by atoms with Gasteiger partial charge in [-0.25, -0.2) is 19.2 Å². The molecule has 1 heterocycles. The summed E-state index contributed by atoms with van der Waals surface area (Å²) < 4.78 is 44.6. The number of carbonyl (C=O) groups is 1. The topological polar surface area (TPSA) is 75.1 Å². The Morgan fingerprint density at radius 3 is 2.41 bits per heavy atom. The molecule has 1 aromatic heterocycles. The van der Waals surface area contributed by atoms with Crippen LogP contribution in [0.25, 0.3) is 0 Å². The van der Waals surface area contributed by atoms with Crippen LogP contribution in [0.5, 0.6) is 0 Å². The molecule has 2 rings (SSSR count). The highest BCUT2D eigenvalue weighted by Crippen LogP contribution is 2.14. The Hall–Kier alpha value is -2.71. The number of hydrogen-bond donors (Lipinski definition) is 2. The minimum Gasteiger partial charge on any atom is -0.475 e. The number of aromatic nitrogens is 2. The lowest BCUT2D eigenvalue weighted by atomic mass is 10.3. The molecule has 0 spiro atoms. The third-order valence-corrected chi connectivity index (χ3v) is 2.12. The predicted octanol–water partition coefficient (Wildman–Crippen LogP) is 3.30. The van der Waals surface area contributed by atoms with Crippen LogP contribution in [0.2, 0.25) is 0 Å². The molecule has 0 aliphatic rings. The Bertz CT molecular complexity index is 604. The largest absolute Gasteiger partial charge is 0.490 e. The molecule has 5 nitrogen and oxygen atoms in total. The van der Waals surface area contributed by atoms with Crippen LogP contribution in [0.3, 0.4) is 0 Å². The lowest BCUT2D eigenvalue weighted by Gasteiger charge is -2.04. The first kappa shape index (κ1) is 17.3. The fraction of sp³-hybridized carbons (Fsp3) is 0.154. The van der Waals surface area contributed by atoms with E-state index in [0.29, 0.717) is 11.6 Å². The number of nitrogens with zero attached hydrogens (tertiary/aromatic N) is 2. The van der Waals surface area contributed by atoms with Crippen LogP contribution in [0.15, 0.2) is 36.5 Å². The number of anilines is 2. The van der Waals surface area contributed by atoms with Crippen LogP contribution in [0.1, 0.15) is 5.69 Å². The molecule has 1 aromatic carbocycles. The maximum Gasteiger partial charge on any atom is 0.490 e. The first-order chi connectivity index (χ1) is 10.2. The minimum absolute atomic E-state index is 0.285. The van der Waals surface area contributed by atoms with Gasteiger partial charge in [0.05, 0.1) is 0 Å². The summed E-state index contributed by atoms with van der Waals surface area (Å²) in [7, 11) is 0. The molecule has 0 amide bonds. The van der Waals surface area contributed by atoms with Crippen molar-refractivity contribution in [2.45, 2.75) is 13.1 Å². The van der Waals surface area contributed by atoms with Gasteiger partial charge in [0.2, 0.25) is 5.95 Å².